The molecule has 0 aromatic heterocycles. The molecule has 3 heteroatoms. The number of hydrogen-bond acceptors (Lipinski definition) is 0. The van der Waals surface area contributed by atoms with E-state index in [0.717, 1.165) is 12.0 Å². The van der Waals surface area contributed by atoms with Crippen LogP contribution in [0.25, 0.3) is 0 Å². The molecule has 1 aromatic carbocycles. The van der Waals surface area contributed by atoms with Gasteiger partial charge in [-0.15, -0.1) is 0 Å². The summed E-state index contributed by atoms with van der Waals surface area (Å²) in [6, 6.07) is 4.80. The Morgan fingerprint density at radius 1 is 1.40 bits per heavy atom. The van der Waals surface area contributed by atoms with E-state index in [9.17, 15) is 4.39 Å². The topological polar surface area (TPSA) is 0 Å². The second-order valence-corrected chi connectivity index (χ2v) is 5.76. The first-order valence-corrected chi connectivity index (χ1v) is 6.54. The zero-order chi connectivity index (χ0) is 10.8. The van der Waals surface area contributed by atoms with E-state index in [1.54, 1.807) is 12.1 Å². The van der Waals surface area contributed by atoms with E-state index < -0.39 is 0 Å². The van der Waals surface area contributed by atoms with Crippen molar-refractivity contribution in [3.05, 3.63) is 34.6 Å². The maximum absolute atomic E-state index is 13.5. The van der Waals surface area contributed by atoms with Gasteiger partial charge in [0.1, 0.15) is 5.82 Å². The molecule has 1 aromatic rings. The van der Waals surface area contributed by atoms with E-state index in [-0.39, 0.29) is 5.82 Å². The Morgan fingerprint density at radius 3 is 2.87 bits per heavy atom. The van der Waals surface area contributed by atoms with Crippen molar-refractivity contribution in [1.29, 1.82) is 0 Å². The van der Waals surface area contributed by atoms with Crippen molar-refractivity contribution in [2.24, 2.45) is 5.92 Å². The Bertz CT molecular complexity index is 353. The van der Waals surface area contributed by atoms with Crippen LogP contribution in [-0.2, 0) is 6.42 Å². The highest BCUT2D eigenvalue weighted by Gasteiger charge is 2.25. The zero-order valence-corrected chi connectivity index (χ0v) is 10.7. The van der Waals surface area contributed by atoms with Crippen LogP contribution in [0.4, 0.5) is 4.39 Å². The molecule has 1 saturated carbocycles. The first-order chi connectivity index (χ1) is 7.16. The summed E-state index contributed by atoms with van der Waals surface area (Å²) in [7, 11) is 0. The van der Waals surface area contributed by atoms with Crippen molar-refractivity contribution in [2.45, 2.75) is 30.5 Å². The summed E-state index contributed by atoms with van der Waals surface area (Å²) in [5.41, 5.74) is 0.749. The lowest BCUT2D eigenvalue weighted by Gasteiger charge is -2.14. The smallest absolute Gasteiger partial charge is 0.126 e. The molecule has 0 aliphatic heterocycles. The van der Waals surface area contributed by atoms with Gasteiger partial charge in [-0.05, 0) is 48.9 Å². The molecule has 0 heterocycles. The van der Waals surface area contributed by atoms with Crippen molar-refractivity contribution in [1.82, 2.24) is 0 Å². The van der Waals surface area contributed by atoms with E-state index in [1.165, 1.54) is 25.3 Å². The normalized spacial score (nSPS) is 25.8. The van der Waals surface area contributed by atoms with Crippen molar-refractivity contribution < 1.29 is 4.39 Å². The second kappa shape index (κ2) is 4.84. The zero-order valence-electron chi connectivity index (χ0n) is 8.35. The van der Waals surface area contributed by atoms with E-state index in [0.29, 0.717) is 15.8 Å². The Labute approximate surface area is 103 Å². The van der Waals surface area contributed by atoms with Crippen LogP contribution in [-0.4, -0.2) is 4.83 Å². The lowest BCUT2D eigenvalue weighted by molar-refractivity contribution is 0.532. The van der Waals surface area contributed by atoms with Gasteiger partial charge >= 0.3 is 0 Å². The predicted molar refractivity (Wildman–Crippen MR) is 65.2 cm³/mol. The highest BCUT2D eigenvalue weighted by atomic mass is 79.9. The lowest BCUT2D eigenvalue weighted by atomic mass is 9.98. The van der Waals surface area contributed by atoms with Crippen molar-refractivity contribution in [2.75, 3.05) is 0 Å². The molecule has 1 aliphatic carbocycles. The van der Waals surface area contributed by atoms with Gasteiger partial charge in [-0.25, -0.2) is 4.39 Å². The van der Waals surface area contributed by atoms with Crippen LogP contribution < -0.4 is 0 Å². The molecule has 0 saturated heterocycles. The van der Waals surface area contributed by atoms with Gasteiger partial charge in [-0.1, -0.05) is 34.0 Å². The van der Waals surface area contributed by atoms with Gasteiger partial charge in [0.05, 0.1) is 0 Å². The minimum atomic E-state index is -0.133. The van der Waals surface area contributed by atoms with Crippen molar-refractivity contribution >= 4 is 27.5 Å². The summed E-state index contributed by atoms with van der Waals surface area (Å²) in [6.07, 6.45) is 4.42. The Balaban J connectivity index is 2.12. The average molecular weight is 292 g/mol. The standard InChI is InChI=1S/C12H13BrClF/c13-11-3-1-2-8(11)6-9-7-10(14)4-5-12(9)15/h4-5,7-8,11H,1-3,6H2. The van der Waals surface area contributed by atoms with Crippen LogP contribution in [0, 0.1) is 11.7 Å². The van der Waals surface area contributed by atoms with E-state index >= 15 is 0 Å². The van der Waals surface area contributed by atoms with Gasteiger partial charge in [0.25, 0.3) is 0 Å². The number of halogens is 3. The molecule has 0 amide bonds. The molecule has 2 atom stereocenters. The van der Waals surface area contributed by atoms with Gasteiger partial charge in [-0.3, -0.25) is 0 Å². The fourth-order valence-electron chi connectivity index (χ4n) is 2.20. The molecular formula is C12H13BrClF. The summed E-state index contributed by atoms with van der Waals surface area (Å²) in [5.74, 6) is 0.420. The van der Waals surface area contributed by atoms with E-state index in [1.807, 2.05) is 0 Å². The second-order valence-electron chi connectivity index (χ2n) is 4.15. The van der Waals surface area contributed by atoms with Gasteiger partial charge in [0.15, 0.2) is 0 Å². The van der Waals surface area contributed by atoms with Crippen LogP contribution in [0.3, 0.4) is 0 Å². The molecule has 2 rings (SSSR count). The maximum Gasteiger partial charge on any atom is 0.126 e. The first kappa shape index (κ1) is 11.4. The molecule has 1 fully saturated rings. The quantitative estimate of drug-likeness (QED) is 0.699. The Hall–Kier alpha value is -0.0800. The van der Waals surface area contributed by atoms with Gasteiger partial charge in [0.2, 0.25) is 0 Å². The summed E-state index contributed by atoms with van der Waals surface area (Å²) in [6.45, 7) is 0. The SMILES string of the molecule is Fc1ccc(Cl)cc1CC1CCCC1Br. The molecule has 82 valence electrons. The molecule has 15 heavy (non-hydrogen) atoms. The van der Waals surface area contributed by atoms with Crippen molar-refractivity contribution in [3.8, 4) is 0 Å². The molecule has 0 bridgehead atoms. The summed E-state index contributed by atoms with van der Waals surface area (Å²) in [4.78, 5) is 0.538. The highest BCUT2D eigenvalue weighted by Crippen LogP contribution is 2.34. The lowest BCUT2D eigenvalue weighted by Crippen LogP contribution is -2.10. The fourth-order valence-corrected chi connectivity index (χ4v) is 3.17. The molecule has 0 nitrogen and oxygen atoms in total. The van der Waals surface area contributed by atoms with Crippen LogP contribution in [0.15, 0.2) is 18.2 Å². The molecule has 0 N–H and O–H groups in total. The minimum Gasteiger partial charge on any atom is -0.207 e. The third kappa shape index (κ3) is 2.73. The third-order valence-electron chi connectivity index (χ3n) is 3.06. The number of hydrogen-bond donors (Lipinski definition) is 0. The Kier molecular flexibility index (Phi) is 3.68. The van der Waals surface area contributed by atoms with E-state index in [4.69, 9.17) is 11.6 Å². The first-order valence-electron chi connectivity index (χ1n) is 5.25. The monoisotopic (exact) mass is 290 g/mol. The molecule has 0 spiro atoms. The van der Waals surface area contributed by atoms with Gasteiger partial charge < -0.3 is 0 Å². The van der Waals surface area contributed by atoms with Crippen LogP contribution in [0.2, 0.25) is 5.02 Å². The van der Waals surface area contributed by atoms with Gasteiger partial charge in [-0.2, -0.15) is 0 Å². The van der Waals surface area contributed by atoms with Gasteiger partial charge in [0, 0.05) is 9.85 Å². The highest BCUT2D eigenvalue weighted by molar-refractivity contribution is 9.09. The number of benzene rings is 1. The average Bonchev–Trinajstić information content (AvgIpc) is 2.58. The predicted octanol–water partition coefficient (Wildman–Crippen LogP) is 4.59. The fraction of sp³-hybridized carbons (Fsp3) is 0.500. The summed E-state index contributed by atoms with van der Waals surface area (Å²) in [5, 5.41) is 0.621. The minimum absolute atomic E-state index is 0.133. The third-order valence-corrected chi connectivity index (χ3v) is 4.50. The summed E-state index contributed by atoms with van der Waals surface area (Å²) < 4.78 is 13.5. The molecule has 0 radical (unpaired) electrons. The van der Waals surface area contributed by atoms with Crippen molar-refractivity contribution in [3.63, 3.8) is 0 Å². The maximum atomic E-state index is 13.5. The van der Waals surface area contributed by atoms with Crippen LogP contribution in [0.5, 0.6) is 0 Å². The number of alkyl halides is 1. The summed E-state index contributed by atoms with van der Waals surface area (Å²) >= 11 is 9.51. The van der Waals surface area contributed by atoms with Crippen LogP contribution in [0.1, 0.15) is 24.8 Å². The number of rotatable bonds is 2. The largest absolute Gasteiger partial charge is 0.207 e. The molecule has 1 aliphatic rings. The van der Waals surface area contributed by atoms with Crippen LogP contribution >= 0.6 is 27.5 Å². The molecular weight excluding hydrogens is 278 g/mol. The molecule has 2 unspecified atom stereocenters. The Morgan fingerprint density at radius 2 is 2.20 bits per heavy atom. The van der Waals surface area contributed by atoms with E-state index in [2.05, 4.69) is 15.9 Å².